The van der Waals surface area contributed by atoms with Gasteiger partial charge in [-0.25, -0.2) is 0 Å². The second-order valence-corrected chi connectivity index (χ2v) is 3.43. The van der Waals surface area contributed by atoms with Crippen LogP contribution in [0.1, 0.15) is 19.8 Å². The Bertz CT molecular complexity index is 308. The molecule has 0 aromatic rings. The van der Waals surface area contributed by atoms with Gasteiger partial charge in [0.05, 0.1) is 4.92 Å². The van der Waals surface area contributed by atoms with Gasteiger partial charge in [0, 0.05) is 12.2 Å². The molecule has 1 saturated heterocycles. The summed E-state index contributed by atoms with van der Waals surface area (Å²) in [6.45, 7) is 2.08. The molecule has 0 radical (unpaired) electrons. The van der Waals surface area contributed by atoms with E-state index in [1.165, 1.54) is 0 Å². The lowest BCUT2D eigenvalue weighted by atomic mass is 9.95. The zero-order valence-electron chi connectivity index (χ0n) is 7.40. The Kier molecular flexibility index (Phi) is 1.73. The van der Waals surface area contributed by atoms with Crippen LogP contribution in [-0.2, 0) is 4.74 Å². The molecule has 13 heavy (non-hydrogen) atoms. The van der Waals surface area contributed by atoms with Crippen molar-refractivity contribution in [3.8, 4) is 0 Å². The van der Waals surface area contributed by atoms with Crippen molar-refractivity contribution in [1.82, 2.24) is 0 Å². The van der Waals surface area contributed by atoms with Crippen molar-refractivity contribution in [3.63, 3.8) is 0 Å². The molecule has 4 nitrogen and oxygen atoms in total. The molecule has 4 heteroatoms. The first-order valence-corrected chi connectivity index (χ1v) is 4.41. The number of fused-ring (bicyclic) bond motifs is 1. The number of epoxide rings is 1. The summed E-state index contributed by atoms with van der Waals surface area (Å²) in [7, 11) is 0. The van der Waals surface area contributed by atoms with E-state index in [2.05, 4.69) is 6.92 Å². The molecule has 1 aliphatic heterocycles. The molecular formula is C9H11NO3. The van der Waals surface area contributed by atoms with Gasteiger partial charge in [0.2, 0.25) is 0 Å². The second kappa shape index (κ2) is 2.67. The van der Waals surface area contributed by atoms with Crippen molar-refractivity contribution >= 4 is 0 Å². The van der Waals surface area contributed by atoms with Gasteiger partial charge in [-0.1, -0.05) is 13.3 Å². The molecule has 2 atom stereocenters. The molecule has 0 aromatic carbocycles. The fourth-order valence-corrected chi connectivity index (χ4v) is 1.75. The predicted octanol–water partition coefficient (Wildman–Crippen LogP) is 1.65. The number of hydrogen-bond donors (Lipinski definition) is 0. The van der Waals surface area contributed by atoms with Gasteiger partial charge in [-0.2, -0.15) is 0 Å². The summed E-state index contributed by atoms with van der Waals surface area (Å²) in [5.74, 6) is 0. The van der Waals surface area contributed by atoms with Crippen LogP contribution in [0.4, 0.5) is 0 Å². The SMILES string of the molecule is CCCC12C=CC([N+](=O)[O-])=CC1O2. The molecule has 0 aromatic heterocycles. The summed E-state index contributed by atoms with van der Waals surface area (Å²) in [6, 6.07) is 0. The topological polar surface area (TPSA) is 55.7 Å². The lowest BCUT2D eigenvalue weighted by Crippen LogP contribution is -2.15. The molecule has 1 aliphatic carbocycles. The summed E-state index contributed by atoms with van der Waals surface area (Å²) < 4.78 is 5.42. The molecule has 2 aliphatic rings. The highest BCUT2D eigenvalue weighted by molar-refractivity contribution is 5.34. The highest BCUT2D eigenvalue weighted by Crippen LogP contribution is 2.45. The van der Waals surface area contributed by atoms with Crippen molar-refractivity contribution < 1.29 is 9.66 Å². The van der Waals surface area contributed by atoms with Crippen molar-refractivity contribution in [1.29, 1.82) is 0 Å². The fraction of sp³-hybridized carbons (Fsp3) is 0.556. The maximum absolute atomic E-state index is 10.4. The zero-order chi connectivity index (χ0) is 9.47. The monoisotopic (exact) mass is 181 g/mol. The van der Waals surface area contributed by atoms with Crippen molar-refractivity contribution in [2.24, 2.45) is 0 Å². The minimum absolute atomic E-state index is 0.0575. The normalized spacial score (nSPS) is 35.2. The van der Waals surface area contributed by atoms with E-state index in [9.17, 15) is 10.1 Å². The van der Waals surface area contributed by atoms with Gasteiger partial charge in [-0.3, -0.25) is 10.1 Å². The lowest BCUT2D eigenvalue weighted by Gasteiger charge is -2.06. The predicted molar refractivity (Wildman–Crippen MR) is 46.7 cm³/mol. The molecule has 1 fully saturated rings. The summed E-state index contributed by atoms with van der Waals surface area (Å²) >= 11 is 0. The molecular weight excluding hydrogens is 170 g/mol. The quantitative estimate of drug-likeness (QED) is 0.378. The van der Waals surface area contributed by atoms with Gasteiger partial charge >= 0.3 is 0 Å². The van der Waals surface area contributed by atoms with Gasteiger partial charge in [0.25, 0.3) is 5.70 Å². The average molecular weight is 181 g/mol. The van der Waals surface area contributed by atoms with Crippen LogP contribution in [0.25, 0.3) is 0 Å². The summed E-state index contributed by atoms with van der Waals surface area (Å²) in [5.41, 5.74) is -0.0527. The molecule has 1 heterocycles. The Morgan fingerprint density at radius 3 is 3.08 bits per heavy atom. The van der Waals surface area contributed by atoms with Crippen LogP contribution < -0.4 is 0 Å². The van der Waals surface area contributed by atoms with Crippen molar-refractivity contribution in [2.75, 3.05) is 0 Å². The van der Waals surface area contributed by atoms with E-state index in [0.29, 0.717) is 0 Å². The average Bonchev–Trinajstić information content (AvgIpc) is 2.77. The first kappa shape index (κ1) is 8.44. The number of rotatable bonds is 3. The van der Waals surface area contributed by atoms with Gasteiger partial charge in [0.15, 0.2) is 0 Å². The molecule has 0 amide bonds. The minimum atomic E-state index is -0.381. The smallest absolute Gasteiger partial charge is 0.267 e. The van der Waals surface area contributed by atoms with Crippen LogP contribution in [0.15, 0.2) is 23.9 Å². The Balaban J connectivity index is 2.12. The zero-order valence-corrected chi connectivity index (χ0v) is 7.40. The number of hydrogen-bond acceptors (Lipinski definition) is 3. The van der Waals surface area contributed by atoms with Gasteiger partial charge in [-0.05, 0) is 12.5 Å². The fourth-order valence-electron chi connectivity index (χ4n) is 1.75. The Morgan fingerprint density at radius 1 is 1.77 bits per heavy atom. The van der Waals surface area contributed by atoms with Gasteiger partial charge in [0.1, 0.15) is 11.7 Å². The van der Waals surface area contributed by atoms with E-state index in [1.54, 1.807) is 12.2 Å². The third-order valence-electron chi connectivity index (χ3n) is 2.48. The van der Waals surface area contributed by atoms with Gasteiger partial charge in [-0.15, -0.1) is 0 Å². The van der Waals surface area contributed by atoms with Crippen LogP contribution in [-0.4, -0.2) is 16.6 Å². The maximum Gasteiger partial charge on any atom is 0.267 e. The first-order valence-electron chi connectivity index (χ1n) is 4.41. The summed E-state index contributed by atoms with van der Waals surface area (Å²) in [5, 5.41) is 10.4. The standard InChI is InChI=1S/C9H11NO3/c1-2-4-9-5-3-7(10(11)12)6-8(9)13-9/h3,5-6,8H,2,4H2,1H3. The molecule has 0 saturated carbocycles. The van der Waals surface area contributed by atoms with Crippen LogP contribution in [0, 0.1) is 10.1 Å². The molecule has 2 rings (SSSR count). The molecule has 70 valence electrons. The Morgan fingerprint density at radius 2 is 2.54 bits per heavy atom. The highest BCUT2D eigenvalue weighted by atomic mass is 16.6. The third-order valence-corrected chi connectivity index (χ3v) is 2.48. The minimum Gasteiger partial charge on any atom is -0.357 e. The van der Waals surface area contributed by atoms with E-state index < -0.39 is 0 Å². The second-order valence-electron chi connectivity index (χ2n) is 3.43. The molecule has 2 unspecified atom stereocenters. The van der Waals surface area contributed by atoms with Crippen LogP contribution in [0.5, 0.6) is 0 Å². The molecule has 0 spiro atoms. The third kappa shape index (κ3) is 1.27. The molecule has 0 bridgehead atoms. The maximum atomic E-state index is 10.4. The van der Waals surface area contributed by atoms with Crippen LogP contribution in [0.2, 0.25) is 0 Å². The van der Waals surface area contributed by atoms with Crippen molar-refractivity contribution in [2.45, 2.75) is 31.5 Å². The van der Waals surface area contributed by atoms with E-state index in [1.807, 2.05) is 6.08 Å². The highest BCUT2D eigenvalue weighted by Gasteiger charge is 2.55. The van der Waals surface area contributed by atoms with Gasteiger partial charge < -0.3 is 4.74 Å². The Hall–Kier alpha value is -1.16. The van der Waals surface area contributed by atoms with Crippen molar-refractivity contribution in [3.05, 3.63) is 34.0 Å². The van der Waals surface area contributed by atoms with E-state index in [4.69, 9.17) is 4.74 Å². The number of nitro groups is 1. The van der Waals surface area contributed by atoms with Crippen LogP contribution in [0.3, 0.4) is 0 Å². The Labute approximate surface area is 76.0 Å². The largest absolute Gasteiger partial charge is 0.357 e. The molecule has 0 N–H and O–H groups in total. The first-order chi connectivity index (χ1) is 6.18. The van der Waals surface area contributed by atoms with E-state index in [0.717, 1.165) is 12.8 Å². The lowest BCUT2D eigenvalue weighted by molar-refractivity contribution is -0.419. The van der Waals surface area contributed by atoms with Crippen LogP contribution >= 0.6 is 0 Å². The number of nitrogens with zero attached hydrogens (tertiary/aromatic N) is 1. The number of ether oxygens (including phenoxy) is 1. The summed E-state index contributed by atoms with van der Waals surface area (Å²) in [6.07, 6.45) is 6.87. The van der Waals surface area contributed by atoms with E-state index >= 15 is 0 Å². The van der Waals surface area contributed by atoms with E-state index in [-0.39, 0.29) is 22.3 Å². The summed E-state index contributed by atoms with van der Waals surface area (Å²) in [4.78, 5) is 10.0. The number of allylic oxidation sites excluding steroid dienone is 1.